The molecule has 2 N–H and O–H groups in total. The molecule has 0 aliphatic carbocycles. The van der Waals surface area contributed by atoms with Gasteiger partial charge < -0.3 is 24.4 Å². The molecular weight excluding hydrogens is 470 g/mol. The summed E-state index contributed by atoms with van der Waals surface area (Å²) in [7, 11) is 0. The number of nitrogens with zero attached hydrogens (tertiary/aromatic N) is 1. The number of nitro benzene ring substituents is 1. The number of esters is 1. The first kappa shape index (κ1) is 25.9. The van der Waals surface area contributed by atoms with E-state index in [0.29, 0.717) is 17.1 Å². The highest BCUT2D eigenvalue weighted by molar-refractivity contribution is 5.92. The second-order valence-corrected chi connectivity index (χ2v) is 7.30. The van der Waals surface area contributed by atoms with Crippen LogP contribution in [-0.2, 0) is 4.74 Å². The number of carbonyl (C=O) groups excluding carboxylic acids is 1. The summed E-state index contributed by atoms with van der Waals surface area (Å²) in [5.74, 6) is -0.973. The van der Waals surface area contributed by atoms with Crippen LogP contribution in [0.1, 0.15) is 31.8 Å². The zero-order valence-corrected chi connectivity index (χ0v) is 19.0. The molecule has 186 valence electrons. The SMILES string of the molecule is O=C(O)c1ccc(C(=O)OCCOc2c(/C=C/c3ccc([N+](=O)[O-])cc3)cccc2OCCO)cc1. The molecule has 10 heteroatoms. The number of carbonyl (C=O) groups is 2. The Hall–Kier alpha value is -4.70. The van der Waals surface area contributed by atoms with Crippen molar-refractivity contribution in [2.75, 3.05) is 26.4 Å². The van der Waals surface area contributed by atoms with Gasteiger partial charge in [-0.15, -0.1) is 0 Å². The van der Waals surface area contributed by atoms with Crippen LogP contribution in [0.4, 0.5) is 5.69 Å². The van der Waals surface area contributed by atoms with E-state index in [2.05, 4.69) is 0 Å². The Bertz CT molecular complexity index is 1240. The molecule has 3 rings (SSSR count). The predicted molar refractivity (Wildman–Crippen MR) is 130 cm³/mol. The molecule has 3 aromatic carbocycles. The summed E-state index contributed by atoms with van der Waals surface area (Å²) in [5.41, 5.74) is 1.63. The number of nitro groups is 1. The van der Waals surface area contributed by atoms with E-state index < -0.39 is 16.9 Å². The number of carboxylic acids is 1. The topological polar surface area (TPSA) is 145 Å². The molecule has 0 amide bonds. The molecule has 0 spiro atoms. The highest BCUT2D eigenvalue weighted by Gasteiger charge is 2.12. The van der Waals surface area contributed by atoms with E-state index in [-0.39, 0.29) is 43.2 Å². The minimum Gasteiger partial charge on any atom is -0.487 e. The van der Waals surface area contributed by atoms with Gasteiger partial charge in [-0.05, 0) is 48.0 Å². The van der Waals surface area contributed by atoms with Crippen molar-refractivity contribution in [3.8, 4) is 11.5 Å². The fourth-order valence-corrected chi connectivity index (χ4v) is 3.09. The van der Waals surface area contributed by atoms with Gasteiger partial charge in [-0.3, -0.25) is 10.1 Å². The first-order chi connectivity index (χ1) is 17.4. The number of benzene rings is 3. The van der Waals surface area contributed by atoms with Gasteiger partial charge in [0.05, 0.1) is 22.7 Å². The van der Waals surface area contributed by atoms with Gasteiger partial charge in [-0.2, -0.15) is 0 Å². The third-order valence-electron chi connectivity index (χ3n) is 4.85. The van der Waals surface area contributed by atoms with Crippen molar-refractivity contribution in [3.63, 3.8) is 0 Å². The van der Waals surface area contributed by atoms with E-state index in [1.165, 1.54) is 36.4 Å². The molecule has 0 atom stereocenters. The summed E-state index contributed by atoms with van der Waals surface area (Å²) in [6.07, 6.45) is 3.50. The van der Waals surface area contributed by atoms with Gasteiger partial charge >= 0.3 is 11.9 Å². The number of aliphatic hydroxyl groups excluding tert-OH is 1. The summed E-state index contributed by atoms with van der Waals surface area (Å²) in [6, 6.07) is 16.6. The summed E-state index contributed by atoms with van der Waals surface area (Å²) in [5, 5.41) is 28.9. The molecule has 3 aromatic rings. The molecule has 0 aliphatic heterocycles. The van der Waals surface area contributed by atoms with Gasteiger partial charge in [-0.1, -0.05) is 24.3 Å². The van der Waals surface area contributed by atoms with Crippen molar-refractivity contribution in [3.05, 3.63) is 99.1 Å². The maximum absolute atomic E-state index is 12.2. The van der Waals surface area contributed by atoms with Crippen molar-refractivity contribution in [1.82, 2.24) is 0 Å². The summed E-state index contributed by atoms with van der Waals surface area (Å²) in [6.45, 7) is -0.232. The van der Waals surface area contributed by atoms with Crippen LogP contribution in [0.15, 0.2) is 66.7 Å². The Morgan fingerprint density at radius 2 is 1.56 bits per heavy atom. The minimum absolute atomic E-state index is 0.00316. The first-order valence-electron chi connectivity index (χ1n) is 10.8. The Kier molecular flexibility index (Phi) is 9.12. The summed E-state index contributed by atoms with van der Waals surface area (Å²) >= 11 is 0. The Morgan fingerprint density at radius 3 is 2.19 bits per heavy atom. The van der Waals surface area contributed by atoms with E-state index in [1.54, 1.807) is 42.5 Å². The largest absolute Gasteiger partial charge is 0.487 e. The third-order valence-corrected chi connectivity index (χ3v) is 4.85. The zero-order valence-electron chi connectivity index (χ0n) is 19.0. The van der Waals surface area contributed by atoms with E-state index in [4.69, 9.17) is 24.4 Å². The van der Waals surface area contributed by atoms with Crippen molar-refractivity contribution < 1.29 is 38.9 Å². The first-order valence-corrected chi connectivity index (χ1v) is 10.8. The molecule has 36 heavy (non-hydrogen) atoms. The number of hydrogen-bond acceptors (Lipinski definition) is 8. The molecule has 0 unspecified atom stereocenters. The van der Waals surface area contributed by atoms with Gasteiger partial charge in [0.25, 0.3) is 5.69 Å². The number of para-hydroxylation sites is 1. The molecule has 0 radical (unpaired) electrons. The highest BCUT2D eigenvalue weighted by atomic mass is 16.6. The van der Waals surface area contributed by atoms with Crippen LogP contribution in [-0.4, -0.2) is 53.5 Å². The number of aliphatic hydroxyl groups is 1. The van der Waals surface area contributed by atoms with Crippen LogP contribution < -0.4 is 9.47 Å². The van der Waals surface area contributed by atoms with Crippen LogP contribution >= 0.6 is 0 Å². The van der Waals surface area contributed by atoms with E-state index in [9.17, 15) is 19.7 Å². The maximum atomic E-state index is 12.2. The monoisotopic (exact) mass is 493 g/mol. The highest BCUT2D eigenvalue weighted by Crippen LogP contribution is 2.33. The number of rotatable bonds is 12. The third kappa shape index (κ3) is 7.15. The number of carboxylic acid groups (broad SMARTS) is 1. The van der Waals surface area contributed by atoms with Crippen LogP contribution in [0, 0.1) is 10.1 Å². The fraction of sp³-hybridized carbons (Fsp3) is 0.154. The van der Waals surface area contributed by atoms with Crippen molar-refractivity contribution in [2.24, 2.45) is 0 Å². The van der Waals surface area contributed by atoms with Crippen LogP contribution in [0.5, 0.6) is 11.5 Å². The Balaban J connectivity index is 1.67. The lowest BCUT2D eigenvalue weighted by Crippen LogP contribution is -2.13. The number of ether oxygens (including phenoxy) is 3. The number of hydrogen-bond donors (Lipinski definition) is 2. The lowest BCUT2D eigenvalue weighted by molar-refractivity contribution is -0.384. The van der Waals surface area contributed by atoms with Crippen LogP contribution in [0.2, 0.25) is 0 Å². The number of non-ortho nitro benzene ring substituents is 1. The summed E-state index contributed by atoms with van der Waals surface area (Å²) in [4.78, 5) is 33.5. The summed E-state index contributed by atoms with van der Waals surface area (Å²) < 4.78 is 16.6. The second-order valence-electron chi connectivity index (χ2n) is 7.30. The molecule has 0 saturated carbocycles. The lowest BCUT2D eigenvalue weighted by Gasteiger charge is -2.15. The van der Waals surface area contributed by atoms with Gasteiger partial charge in [0.2, 0.25) is 0 Å². The van der Waals surface area contributed by atoms with Crippen molar-refractivity contribution in [2.45, 2.75) is 0 Å². The van der Waals surface area contributed by atoms with Crippen molar-refractivity contribution >= 4 is 29.8 Å². The average Bonchev–Trinajstić information content (AvgIpc) is 2.89. The maximum Gasteiger partial charge on any atom is 0.338 e. The van der Waals surface area contributed by atoms with E-state index in [0.717, 1.165) is 5.56 Å². The zero-order chi connectivity index (χ0) is 25.9. The quantitative estimate of drug-likeness (QED) is 0.125. The molecule has 0 aromatic heterocycles. The van der Waals surface area contributed by atoms with Gasteiger partial charge in [0.15, 0.2) is 11.5 Å². The predicted octanol–water partition coefficient (Wildman–Crippen LogP) is 4.07. The van der Waals surface area contributed by atoms with Gasteiger partial charge in [-0.25, -0.2) is 9.59 Å². The molecule has 0 heterocycles. The average molecular weight is 493 g/mol. The Labute approximate surface area is 206 Å². The minimum atomic E-state index is -1.09. The van der Waals surface area contributed by atoms with Gasteiger partial charge in [0, 0.05) is 17.7 Å². The number of aromatic carboxylic acids is 1. The smallest absolute Gasteiger partial charge is 0.338 e. The molecule has 0 saturated heterocycles. The van der Waals surface area contributed by atoms with Crippen LogP contribution in [0.3, 0.4) is 0 Å². The molecule has 0 fully saturated rings. The molecule has 0 aliphatic rings. The fourth-order valence-electron chi connectivity index (χ4n) is 3.09. The standard InChI is InChI=1S/C26H23NO9/c28-14-15-34-23-3-1-2-19(7-4-18-5-12-22(13-6-18)27(32)33)24(23)35-16-17-36-26(31)21-10-8-20(9-11-21)25(29)30/h1-13,28H,14-17H2,(H,29,30)/b7-4+. The van der Waals surface area contributed by atoms with Crippen molar-refractivity contribution in [1.29, 1.82) is 0 Å². The molecular formula is C26H23NO9. The lowest BCUT2D eigenvalue weighted by atomic mass is 10.1. The van der Waals surface area contributed by atoms with Gasteiger partial charge in [0.1, 0.15) is 19.8 Å². The Morgan fingerprint density at radius 1 is 0.861 bits per heavy atom. The normalized spacial score (nSPS) is 10.7. The second kappa shape index (κ2) is 12.7. The molecule has 0 bridgehead atoms. The van der Waals surface area contributed by atoms with E-state index in [1.807, 2.05) is 0 Å². The molecule has 10 nitrogen and oxygen atoms in total. The van der Waals surface area contributed by atoms with E-state index >= 15 is 0 Å². The van der Waals surface area contributed by atoms with Crippen LogP contribution in [0.25, 0.3) is 12.2 Å².